The summed E-state index contributed by atoms with van der Waals surface area (Å²) in [7, 11) is 6.59. The zero-order valence-corrected chi connectivity index (χ0v) is 36.0. The summed E-state index contributed by atoms with van der Waals surface area (Å²) in [6, 6.07) is 15.9. The maximum Gasteiger partial charge on any atom is 0.126 e. The predicted octanol–water partition coefficient (Wildman–Crippen LogP) is 9.43. The molecule has 1 heterocycles. The summed E-state index contributed by atoms with van der Waals surface area (Å²) in [6.45, 7) is 11.6. The van der Waals surface area contributed by atoms with Crippen molar-refractivity contribution < 1.29 is 52.8 Å². The number of aromatic hydroxyl groups is 2. The molecule has 4 atom stereocenters. The van der Waals surface area contributed by atoms with Crippen molar-refractivity contribution in [3.8, 4) is 46.0 Å². The van der Waals surface area contributed by atoms with Gasteiger partial charge in [-0.3, -0.25) is 0 Å². The molecule has 0 unspecified atom stereocenters. The van der Waals surface area contributed by atoms with Gasteiger partial charge in [0.15, 0.2) is 0 Å². The Bertz CT molecular complexity index is 2010. The van der Waals surface area contributed by atoms with Gasteiger partial charge in [0.25, 0.3) is 0 Å². The molecule has 0 radical (unpaired) electrons. The number of methoxy groups -OCH3 is 4. The van der Waals surface area contributed by atoms with Crippen LogP contribution in [0.25, 0.3) is 0 Å². The normalized spacial score (nSPS) is 20.1. The molecule has 0 fully saturated rings. The molecule has 1 aliphatic carbocycles. The van der Waals surface area contributed by atoms with Crippen LogP contribution in [0.15, 0.2) is 48.5 Å². The molecule has 11 nitrogen and oxygen atoms in total. The van der Waals surface area contributed by atoms with Gasteiger partial charge in [0, 0.05) is 92.4 Å². The second-order valence-corrected chi connectivity index (χ2v) is 14.9. The molecule has 59 heavy (non-hydrogen) atoms. The first kappa shape index (κ1) is 43.7. The first-order chi connectivity index (χ1) is 28.8. The fourth-order valence-corrected chi connectivity index (χ4v) is 8.94. The summed E-state index contributed by atoms with van der Waals surface area (Å²) in [6.07, 6.45) is 2.69. The van der Waals surface area contributed by atoms with E-state index in [1.165, 1.54) is 0 Å². The lowest BCUT2D eigenvalue weighted by molar-refractivity contribution is 0.00485. The topological polar surface area (TPSA) is 124 Å². The quantitative estimate of drug-likeness (QED) is 0.177. The summed E-state index contributed by atoms with van der Waals surface area (Å²) in [4.78, 5) is 0. The van der Waals surface area contributed by atoms with Crippen LogP contribution in [0, 0.1) is 0 Å². The van der Waals surface area contributed by atoms with Gasteiger partial charge in [0.2, 0.25) is 0 Å². The van der Waals surface area contributed by atoms with E-state index in [1.807, 2.05) is 18.2 Å². The molecule has 4 aromatic carbocycles. The minimum Gasteiger partial charge on any atom is -0.508 e. The highest BCUT2D eigenvalue weighted by Crippen LogP contribution is 2.52. The number of hydrogen-bond acceptors (Lipinski definition) is 11. The van der Waals surface area contributed by atoms with Crippen molar-refractivity contribution in [1.29, 1.82) is 0 Å². The molecular weight excluding hydrogens is 753 g/mol. The van der Waals surface area contributed by atoms with Crippen LogP contribution in [0.4, 0.5) is 0 Å². The number of benzene rings is 4. The SMILES string of the molecule is CC[C@@H]1c2cc(c(O)cc2OC)[C@H](CC)c2cc(c(O)cc2OC)[C@H](CC)c2cc3c(cc2OC)OCCOCCOCCOCCOc2cc(OC)c(cc21)[C@H]3CC. The van der Waals surface area contributed by atoms with Crippen LogP contribution < -0.4 is 28.4 Å². The van der Waals surface area contributed by atoms with Crippen LogP contribution in [0.3, 0.4) is 0 Å². The maximum absolute atomic E-state index is 11.8. The Morgan fingerprint density at radius 3 is 0.966 bits per heavy atom. The Hall–Kier alpha value is -4.84. The van der Waals surface area contributed by atoms with E-state index in [-0.39, 0.29) is 35.2 Å². The van der Waals surface area contributed by atoms with Crippen molar-refractivity contribution in [2.75, 3.05) is 81.3 Å². The third kappa shape index (κ3) is 9.17. The molecule has 0 aromatic heterocycles. The highest BCUT2D eigenvalue weighted by molar-refractivity contribution is 5.63. The van der Waals surface area contributed by atoms with Crippen molar-refractivity contribution in [3.63, 3.8) is 0 Å². The number of hydrogen-bond donors (Lipinski definition) is 2. The molecule has 11 heteroatoms. The molecule has 2 aliphatic rings. The third-order valence-electron chi connectivity index (χ3n) is 11.8. The Morgan fingerprint density at radius 1 is 0.390 bits per heavy atom. The second kappa shape index (κ2) is 20.4. The van der Waals surface area contributed by atoms with Gasteiger partial charge < -0.3 is 52.8 Å². The van der Waals surface area contributed by atoms with Gasteiger partial charge in [-0.2, -0.15) is 0 Å². The summed E-state index contributed by atoms with van der Waals surface area (Å²) in [5.74, 6) is 2.98. The van der Waals surface area contributed by atoms with E-state index < -0.39 is 0 Å². The Kier molecular flexibility index (Phi) is 15.1. The molecule has 2 N–H and O–H groups in total. The van der Waals surface area contributed by atoms with Gasteiger partial charge in [-0.25, -0.2) is 0 Å². The highest BCUT2D eigenvalue weighted by Gasteiger charge is 2.33. The first-order valence-corrected chi connectivity index (χ1v) is 21.0. The van der Waals surface area contributed by atoms with Crippen LogP contribution in [-0.4, -0.2) is 91.5 Å². The molecule has 320 valence electrons. The Balaban J connectivity index is 1.74. The second-order valence-electron chi connectivity index (χ2n) is 14.9. The molecule has 6 rings (SSSR count). The number of phenols is 2. The van der Waals surface area contributed by atoms with Crippen molar-refractivity contribution in [2.45, 2.75) is 77.0 Å². The lowest BCUT2D eigenvalue weighted by Gasteiger charge is -2.30. The van der Waals surface area contributed by atoms with Gasteiger partial charge in [0.1, 0.15) is 59.2 Å². The molecule has 0 amide bonds. The summed E-state index contributed by atoms with van der Waals surface area (Å²) in [5.41, 5.74) is 7.01. The molecule has 1 aliphatic heterocycles. The smallest absolute Gasteiger partial charge is 0.126 e. The van der Waals surface area contributed by atoms with Gasteiger partial charge in [-0.05, 0) is 49.9 Å². The standard InChI is InChI=1S/C48H62O11/c1-9-29-34-22-36(44(52-6)26-42(34)50)31(11-3)40-24-38-32(12-4)39-23-37(30(10-2)33-21-35(29)43(51-5)25-41(33)49)45(53-7)27-47(39)58-19-17-56-15-13-55-14-16-57-18-20-59-48(40)28-46(38)54-8/h21-32,49-50H,9-20H2,1-8H3/t29-,30-,31+,32+/m0/s1. The third-order valence-corrected chi connectivity index (χ3v) is 11.8. The number of phenolic OH excluding ortho intramolecular Hbond substituents is 2. The number of fused-ring (bicyclic) bond motifs is 9. The first-order valence-electron chi connectivity index (χ1n) is 21.0. The average molecular weight is 815 g/mol. The van der Waals surface area contributed by atoms with Crippen LogP contribution in [-0.2, 0) is 14.2 Å². The number of ether oxygens (including phenoxy) is 9. The Labute approximate surface area is 349 Å². The van der Waals surface area contributed by atoms with Crippen molar-refractivity contribution in [1.82, 2.24) is 0 Å². The average Bonchev–Trinajstić information content (AvgIpc) is 3.25. The molecule has 0 saturated heterocycles. The van der Waals surface area contributed by atoms with E-state index in [2.05, 4.69) is 45.9 Å². The van der Waals surface area contributed by atoms with Crippen molar-refractivity contribution >= 4 is 0 Å². The van der Waals surface area contributed by atoms with E-state index in [1.54, 1.807) is 40.6 Å². The van der Waals surface area contributed by atoms with Gasteiger partial charge in [-0.1, -0.05) is 27.7 Å². The van der Waals surface area contributed by atoms with Crippen LogP contribution >= 0.6 is 0 Å². The lowest BCUT2D eigenvalue weighted by Crippen LogP contribution is -2.17. The van der Waals surface area contributed by atoms with E-state index in [9.17, 15) is 10.2 Å². The number of rotatable bonds is 8. The lowest BCUT2D eigenvalue weighted by atomic mass is 9.77. The monoisotopic (exact) mass is 814 g/mol. The van der Waals surface area contributed by atoms with Gasteiger partial charge >= 0.3 is 0 Å². The summed E-state index contributed by atoms with van der Waals surface area (Å²) < 4.78 is 55.1. The van der Waals surface area contributed by atoms with E-state index in [0.29, 0.717) is 113 Å². The summed E-state index contributed by atoms with van der Waals surface area (Å²) in [5, 5.41) is 23.6. The fraction of sp³-hybridized carbons (Fsp3) is 0.500. The molecule has 0 saturated carbocycles. The van der Waals surface area contributed by atoms with Crippen molar-refractivity contribution in [3.05, 3.63) is 93.0 Å². The van der Waals surface area contributed by atoms with Crippen LogP contribution in [0.1, 0.15) is 122 Å². The molecule has 0 spiro atoms. The predicted molar refractivity (Wildman–Crippen MR) is 227 cm³/mol. The minimum absolute atomic E-state index is 0.114. The maximum atomic E-state index is 11.8. The Morgan fingerprint density at radius 2 is 0.661 bits per heavy atom. The fourth-order valence-electron chi connectivity index (χ4n) is 8.94. The van der Waals surface area contributed by atoms with Crippen LogP contribution in [0.5, 0.6) is 46.0 Å². The molecule has 9 bridgehead atoms. The molecule has 4 aromatic rings. The minimum atomic E-state index is -0.299. The zero-order valence-electron chi connectivity index (χ0n) is 36.0. The largest absolute Gasteiger partial charge is 0.508 e. The van der Waals surface area contributed by atoms with E-state index >= 15 is 0 Å². The highest BCUT2D eigenvalue weighted by atomic mass is 16.6. The molecular formula is C48H62O11. The van der Waals surface area contributed by atoms with Crippen LogP contribution in [0.2, 0.25) is 0 Å². The van der Waals surface area contributed by atoms with Crippen molar-refractivity contribution in [2.24, 2.45) is 0 Å². The van der Waals surface area contributed by atoms with E-state index in [0.717, 1.165) is 44.5 Å². The zero-order chi connectivity index (χ0) is 42.1. The van der Waals surface area contributed by atoms with Gasteiger partial charge in [-0.15, -0.1) is 0 Å². The van der Waals surface area contributed by atoms with Gasteiger partial charge in [0.05, 0.1) is 68.1 Å². The summed E-state index contributed by atoms with van der Waals surface area (Å²) >= 11 is 0. The van der Waals surface area contributed by atoms with E-state index in [4.69, 9.17) is 42.6 Å².